The first-order valence-electron chi connectivity index (χ1n) is 12.1. The number of fused-ring (bicyclic) bond motifs is 1. The van der Waals surface area contributed by atoms with E-state index in [0.29, 0.717) is 31.7 Å². The molecule has 1 aliphatic carbocycles. The molecule has 8 heteroatoms. The van der Waals surface area contributed by atoms with Gasteiger partial charge in [0.25, 0.3) is 6.43 Å². The van der Waals surface area contributed by atoms with Crippen molar-refractivity contribution in [2.75, 3.05) is 33.3 Å². The standard InChI is InChI=1S/C27H31F2N3O3/c1-16-11-24(35-2)22(19-7-8-30-26(16)19)13-32-10-9-31(15-25(28)29)14-23(32)18-5-6-20(27(33)34)21(12-18)17-3-4-17/h5-8,11-12,17,23,25,30H,3-4,9-10,13-15H2,1-2H3,(H,33,34). The Morgan fingerprint density at radius 3 is 2.71 bits per heavy atom. The number of methoxy groups -OCH3 is 1. The summed E-state index contributed by atoms with van der Waals surface area (Å²) < 4.78 is 32.2. The molecule has 0 amide bonds. The molecule has 2 aromatic carbocycles. The number of aromatic nitrogens is 1. The Labute approximate surface area is 203 Å². The highest BCUT2D eigenvalue weighted by Crippen LogP contribution is 2.43. The molecule has 186 valence electrons. The van der Waals surface area contributed by atoms with Crippen LogP contribution in [0.1, 0.15) is 57.4 Å². The topological polar surface area (TPSA) is 68.8 Å². The number of hydrogen-bond donors (Lipinski definition) is 2. The quantitative estimate of drug-likeness (QED) is 0.462. The van der Waals surface area contributed by atoms with E-state index in [4.69, 9.17) is 4.74 Å². The monoisotopic (exact) mass is 483 g/mol. The van der Waals surface area contributed by atoms with Crippen LogP contribution in [0.4, 0.5) is 8.78 Å². The minimum atomic E-state index is -2.39. The number of piperazine rings is 1. The fourth-order valence-electron chi connectivity index (χ4n) is 5.44. The van der Waals surface area contributed by atoms with Gasteiger partial charge in [0.15, 0.2) is 0 Å². The lowest BCUT2D eigenvalue weighted by molar-refractivity contribution is 0.0245. The summed E-state index contributed by atoms with van der Waals surface area (Å²) in [4.78, 5) is 19.2. The Balaban J connectivity index is 1.53. The number of halogens is 2. The molecule has 1 saturated carbocycles. The zero-order valence-electron chi connectivity index (χ0n) is 20.1. The highest BCUT2D eigenvalue weighted by atomic mass is 19.3. The van der Waals surface area contributed by atoms with Crippen molar-refractivity contribution in [1.29, 1.82) is 0 Å². The van der Waals surface area contributed by atoms with Crippen molar-refractivity contribution in [1.82, 2.24) is 14.8 Å². The molecule has 2 heterocycles. The van der Waals surface area contributed by atoms with Crippen molar-refractivity contribution >= 4 is 16.9 Å². The average Bonchev–Trinajstić information content (AvgIpc) is 3.56. The average molecular weight is 484 g/mol. The Morgan fingerprint density at radius 1 is 1.23 bits per heavy atom. The van der Waals surface area contributed by atoms with Crippen LogP contribution in [-0.4, -0.2) is 65.6 Å². The summed E-state index contributed by atoms with van der Waals surface area (Å²) in [6.45, 7) is 4.02. The number of benzene rings is 2. The second-order valence-electron chi connectivity index (χ2n) is 9.70. The van der Waals surface area contributed by atoms with Gasteiger partial charge in [-0.05, 0) is 60.6 Å². The number of rotatable bonds is 8. The fourth-order valence-corrected chi connectivity index (χ4v) is 5.44. The zero-order chi connectivity index (χ0) is 24.7. The number of nitrogens with zero attached hydrogens (tertiary/aromatic N) is 2. The van der Waals surface area contributed by atoms with E-state index in [1.807, 2.05) is 36.2 Å². The maximum Gasteiger partial charge on any atom is 0.335 e. The Bertz CT molecular complexity index is 1240. The molecule has 1 atom stereocenters. The number of nitrogens with one attached hydrogen (secondary N) is 1. The SMILES string of the molecule is COc1cc(C)c2[nH]ccc2c1CN1CCN(CC(F)F)CC1c1ccc(C(=O)O)c(C2CC2)c1. The van der Waals surface area contributed by atoms with Gasteiger partial charge in [0.2, 0.25) is 0 Å². The van der Waals surface area contributed by atoms with Crippen LogP contribution in [0.3, 0.4) is 0 Å². The van der Waals surface area contributed by atoms with Crippen LogP contribution in [0.15, 0.2) is 36.5 Å². The second-order valence-corrected chi connectivity index (χ2v) is 9.70. The number of H-pyrrole nitrogens is 1. The number of aryl methyl sites for hydroxylation is 1. The van der Waals surface area contributed by atoms with Crippen LogP contribution in [-0.2, 0) is 6.54 Å². The Morgan fingerprint density at radius 2 is 2.03 bits per heavy atom. The summed E-state index contributed by atoms with van der Waals surface area (Å²) in [7, 11) is 1.67. The van der Waals surface area contributed by atoms with Crippen LogP contribution >= 0.6 is 0 Å². The van der Waals surface area contributed by atoms with Gasteiger partial charge in [0.1, 0.15) is 5.75 Å². The third-order valence-corrected chi connectivity index (χ3v) is 7.37. The van der Waals surface area contributed by atoms with E-state index in [1.54, 1.807) is 13.2 Å². The van der Waals surface area contributed by atoms with Gasteiger partial charge in [0.05, 0.1) is 19.2 Å². The second kappa shape index (κ2) is 9.59. The van der Waals surface area contributed by atoms with Crippen molar-refractivity contribution in [3.05, 3.63) is 64.3 Å². The summed E-state index contributed by atoms with van der Waals surface area (Å²) in [5.41, 5.74) is 5.41. The number of carboxylic acids is 1. The lowest BCUT2D eigenvalue weighted by atomic mass is 9.94. The van der Waals surface area contributed by atoms with Crippen LogP contribution in [0, 0.1) is 6.92 Å². The predicted octanol–water partition coefficient (Wildman–Crippen LogP) is 5.18. The molecule has 1 saturated heterocycles. The van der Waals surface area contributed by atoms with Gasteiger partial charge >= 0.3 is 5.97 Å². The van der Waals surface area contributed by atoms with E-state index >= 15 is 0 Å². The molecule has 2 aliphatic rings. The first kappa shape index (κ1) is 23.8. The van der Waals surface area contributed by atoms with E-state index in [1.165, 1.54) is 0 Å². The molecule has 2 N–H and O–H groups in total. The van der Waals surface area contributed by atoms with Crippen molar-refractivity contribution in [2.45, 2.75) is 44.7 Å². The van der Waals surface area contributed by atoms with Gasteiger partial charge in [0, 0.05) is 54.9 Å². The van der Waals surface area contributed by atoms with Crippen LogP contribution in [0.5, 0.6) is 5.75 Å². The van der Waals surface area contributed by atoms with Crippen molar-refractivity contribution in [3.8, 4) is 5.75 Å². The van der Waals surface area contributed by atoms with E-state index in [0.717, 1.165) is 51.7 Å². The summed E-state index contributed by atoms with van der Waals surface area (Å²) in [5, 5.41) is 10.8. The van der Waals surface area contributed by atoms with Crippen molar-refractivity contribution in [2.24, 2.45) is 0 Å². The van der Waals surface area contributed by atoms with Gasteiger partial charge in [-0.15, -0.1) is 0 Å². The molecule has 1 aliphatic heterocycles. The van der Waals surface area contributed by atoms with Crippen LogP contribution < -0.4 is 4.74 Å². The molecule has 5 rings (SSSR count). The molecule has 6 nitrogen and oxygen atoms in total. The number of aromatic amines is 1. The number of carbonyl (C=O) groups is 1. The predicted molar refractivity (Wildman–Crippen MR) is 131 cm³/mol. The first-order chi connectivity index (χ1) is 16.9. The first-order valence-corrected chi connectivity index (χ1v) is 12.1. The normalized spacial score (nSPS) is 19.5. The molecule has 35 heavy (non-hydrogen) atoms. The number of carboxylic acid groups (broad SMARTS) is 1. The molecule has 3 aromatic rings. The highest BCUT2D eigenvalue weighted by molar-refractivity contribution is 5.90. The largest absolute Gasteiger partial charge is 0.496 e. The summed E-state index contributed by atoms with van der Waals surface area (Å²) >= 11 is 0. The summed E-state index contributed by atoms with van der Waals surface area (Å²) in [5.74, 6) is 0.160. The molecule has 2 fully saturated rings. The van der Waals surface area contributed by atoms with Crippen molar-refractivity contribution in [3.63, 3.8) is 0 Å². The number of aromatic carboxylic acids is 1. The number of hydrogen-bond acceptors (Lipinski definition) is 4. The summed E-state index contributed by atoms with van der Waals surface area (Å²) in [6, 6.07) is 9.49. The van der Waals surface area contributed by atoms with Gasteiger partial charge in [-0.25, -0.2) is 13.6 Å². The molecule has 0 bridgehead atoms. The maximum absolute atomic E-state index is 13.2. The third-order valence-electron chi connectivity index (χ3n) is 7.37. The number of ether oxygens (including phenoxy) is 1. The third kappa shape index (κ3) is 4.77. The molecule has 1 aromatic heterocycles. The van der Waals surface area contributed by atoms with Gasteiger partial charge in [-0.2, -0.15) is 0 Å². The highest BCUT2D eigenvalue weighted by Gasteiger charge is 2.33. The molecule has 1 unspecified atom stereocenters. The van der Waals surface area contributed by atoms with E-state index in [2.05, 4.69) is 16.0 Å². The van der Waals surface area contributed by atoms with E-state index in [-0.39, 0.29) is 18.5 Å². The summed E-state index contributed by atoms with van der Waals surface area (Å²) in [6.07, 6.45) is 1.50. The minimum absolute atomic E-state index is 0.136. The smallest absolute Gasteiger partial charge is 0.335 e. The maximum atomic E-state index is 13.2. The zero-order valence-corrected chi connectivity index (χ0v) is 20.1. The lowest BCUT2D eigenvalue weighted by Crippen LogP contribution is -2.49. The molecular weight excluding hydrogens is 452 g/mol. The molecule has 0 spiro atoms. The van der Waals surface area contributed by atoms with E-state index < -0.39 is 12.4 Å². The Kier molecular flexibility index (Phi) is 6.51. The van der Waals surface area contributed by atoms with Crippen molar-refractivity contribution < 1.29 is 23.4 Å². The lowest BCUT2D eigenvalue weighted by Gasteiger charge is -2.42. The molecule has 0 radical (unpaired) electrons. The van der Waals surface area contributed by atoms with Crippen LogP contribution in [0.25, 0.3) is 10.9 Å². The number of alkyl halides is 2. The fraction of sp³-hybridized carbons (Fsp3) is 0.444. The Hall–Kier alpha value is -2.97. The minimum Gasteiger partial charge on any atom is -0.496 e. The van der Waals surface area contributed by atoms with E-state index in [9.17, 15) is 18.7 Å². The van der Waals surface area contributed by atoms with Crippen LogP contribution in [0.2, 0.25) is 0 Å². The van der Waals surface area contributed by atoms with Gasteiger partial charge in [-0.1, -0.05) is 12.1 Å². The van der Waals surface area contributed by atoms with Gasteiger partial charge < -0.3 is 14.8 Å². The van der Waals surface area contributed by atoms with Gasteiger partial charge in [-0.3, -0.25) is 9.80 Å². The molecular formula is C27H31F2N3O3.